The number of ether oxygens (including phenoxy) is 1. The second-order valence-electron chi connectivity index (χ2n) is 6.92. The Morgan fingerprint density at radius 1 is 1.39 bits per heavy atom. The molecule has 1 aliphatic heterocycles. The van der Waals surface area contributed by atoms with Crippen molar-refractivity contribution in [3.63, 3.8) is 0 Å². The lowest BCUT2D eigenvalue weighted by molar-refractivity contribution is 0.0188. The summed E-state index contributed by atoms with van der Waals surface area (Å²) in [7, 11) is 0. The molecule has 23 heavy (non-hydrogen) atoms. The summed E-state index contributed by atoms with van der Waals surface area (Å²) in [5.74, 6) is 0.235. The molecule has 6 heteroatoms. The molecule has 0 aliphatic carbocycles. The molecule has 0 unspecified atom stereocenters. The quantitative estimate of drug-likeness (QED) is 0.821. The number of nitrogens with zero attached hydrogens (tertiary/aromatic N) is 1. The van der Waals surface area contributed by atoms with E-state index in [-0.39, 0.29) is 11.9 Å². The Morgan fingerprint density at radius 3 is 2.61 bits per heavy atom. The van der Waals surface area contributed by atoms with Crippen LogP contribution in [0.4, 0.5) is 14.9 Å². The fraction of sp³-hybridized carbons (Fsp3) is 0.588. The van der Waals surface area contributed by atoms with Crippen LogP contribution in [-0.2, 0) is 4.74 Å². The van der Waals surface area contributed by atoms with Crippen molar-refractivity contribution in [2.75, 3.05) is 25.0 Å². The summed E-state index contributed by atoms with van der Waals surface area (Å²) in [4.78, 5) is 13.8. The van der Waals surface area contributed by atoms with Crippen LogP contribution in [0, 0.1) is 11.7 Å². The third-order valence-corrected chi connectivity index (χ3v) is 4.43. The zero-order valence-corrected chi connectivity index (χ0v) is 15.5. The molecule has 1 saturated heterocycles. The summed E-state index contributed by atoms with van der Waals surface area (Å²) in [5.41, 5.74) is 0.436. The van der Waals surface area contributed by atoms with E-state index in [1.165, 1.54) is 12.1 Å². The van der Waals surface area contributed by atoms with Crippen molar-refractivity contribution in [2.45, 2.75) is 39.2 Å². The summed E-state index contributed by atoms with van der Waals surface area (Å²) in [6, 6.07) is 4.63. The normalized spacial score (nSPS) is 16.3. The number of benzene rings is 1. The van der Waals surface area contributed by atoms with Crippen molar-refractivity contribution in [1.82, 2.24) is 4.90 Å². The first kappa shape index (κ1) is 18.0. The van der Waals surface area contributed by atoms with Crippen LogP contribution in [0.5, 0.6) is 0 Å². The number of carbonyl (C=O) groups is 1. The molecule has 0 atom stereocenters. The molecule has 0 saturated carbocycles. The third kappa shape index (κ3) is 5.68. The summed E-state index contributed by atoms with van der Waals surface area (Å²) in [6.07, 6.45) is 1.64. The fourth-order valence-corrected chi connectivity index (χ4v) is 3.02. The van der Waals surface area contributed by atoms with Gasteiger partial charge in [0.1, 0.15) is 11.4 Å². The number of nitrogens with one attached hydrogen (secondary N) is 1. The first-order valence-electron chi connectivity index (χ1n) is 7.91. The van der Waals surface area contributed by atoms with Gasteiger partial charge in [0.25, 0.3) is 0 Å². The van der Waals surface area contributed by atoms with Gasteiger partial charge in [-0.05, 0) is 73.7 Å². The third-order valence-electron chi connectivity index (χ3n) is 3.78. The van der Waals surface area contributed by atoms with E-state index in [9.17, 15) is 9.18 Å². The van der Waals surface area contributed by atoms with Gasteiger partial charge in [-0.1, -0.05) is 0 Å². The number of amides is 1. The van der Waals surface area contributed by atoms with Gasteiger partial charge >= 0.3 is 6.09 Å². The highest BCUT2D eigenvalue weighted by molar-refractivity contribution is 9.10. The summed E-state index contributed by atoms with van der Waals surface area (Å²) < 4.78 is 19.2. The Morgan fingerprint density at radius 2 is 2.04 bits per heavy atom. The highest BCUT2D eigenvalue weighted by Gasteiger charge is 2.26. The first-order chi connectivity index (χ1) is 10.7. The smallest absolute Gasteiger partial charge is 0.410 e. The van der Waals surface area contributed by atoms with Gasteiger partial charge in [-0.2, -0.15) is 0 Å². The number of carbonyl (C=O) groups excluding carboxylic acids is 1. The van der Waals surface area contributed by atoms with Crippen molar-refractivity contribution in [2.24, 2.45) is 5.92 Å². The lowest BCUT2D eigenvalue weighted by atomic mass is 9.97. The first-order valence-corrected chi connectivity index (χ1v) is 8.71. The molecule has 0 aromatic heterocycles. The lowest BCUT2D eigenvalue weighted by Gasteiger charge is -2.33. The molecule has 1 heterocycles. The second-order valence-corrected chi connectivity index (χ2v) is 7.77. The molecule has 0 bridgehead atoms. The zero-order chi connectivity index (χ0) is 17.0. The standard InChI is InChI=1S/C17H24BrFN2O2/c1-17(2,3)23-16(22)21-8-6-12(7-9-21)11-20-15-5-4-13(19)10-14(15)18/h4-5,10,12,20H,6-9,11H2,1-3H3. The average Bonchev–Trinajstić information content (AvgIpc) is 2.45. The molecule has 0 spiro atoms. The number of hydrogen-bond donors (Lipinski definition) is 1. The van der Waals surface area contributed by atoms with Crippen molar-refractivity contribution >= 4 is 27.7 Å². The maximum absolute atomic E-state index is 13.1. The molecule has 1 aromatic carbocycles. The molecule has 1 aliphatic rings. The average molecular weight is 387 g/mol. The fourth-order valence-electron chi connectivity index (χ4n) is 2.53. The Hall–Kier alpha value is -1.30. The van der Waals surface area contributed by atoms with Gasteiger partial charge < -0.3 is 15.0 Å². The van der Waals surface area contributed by atoms with E-state index in [0.717, 1.165) is 29.5 Å². The number of rotatable bonds is 3. The van der Waals surface area contributed by atoms with Crippen LogP contribution < -0.4 is 5.32 Å². The molecular weight excluding hydrogens is 363 g/mol. The SMILES string of the molecule is CC(C)(C)OC(=O)N1CCC(CNc2ccc(F)cc2Br)CC1. The molecular formula is C17H24BrFN2O2. The molecule has 4 nitrogen and oxygen atoms in total. The number of likely N-dealkylation sites (tertiary alicyclic amines) is 1. The predicted molar refractivity (Wildman–Crippen MR) is 93.1 cm³/mol. The van der Waals surface area contributed by atoms with Gasteiger partial charge in [0, 0.05) is 29.8 Å². The Labute approximate surface area is 145 Å². The minimum Gasteiger partial charge on any atom is -0.444 e. The summed E-state index contributed by atoms with van der Waals surface area (Å²) >= 11 is 3.36. The minimum atomic E-state index is -0.454. The van der Waals surface area contributed by atoms with Gasteiger partial charge in [-0.3, -0.25) is 0 Å². The van der Waals surface area contributed by atoms with Crippen LogP contribution in [0.1, 0.15) is 33.6 Å². The van der Waals surface area contributed by atoms with Gasteiger partial charge in [-0.25, -0.2) is 9.18 Å². The molecule has 1 N–H and O–H groups in total. The number of halogens is 2. The molecule has 0 radical (unpaired) electrons. The van der Waals surface area contributed by atoms with Gasteiger partial charge in [0.15, 0.2) is 0 Å². The van der Waals surface area contributed by atoms with Crippen molar-refractivity contribution < 1.29 is 13.9 Å². The zero-order valence-electron chi connectivity index (χ0n) is 13.9. The largest absolute Gasteiger partial charge is 0.444 e. The highest BCUT2D eigenvalue weighted by atomic mass is 79.9. The Kier molecular flexibility index (Phi) is 5.89. The highest BCUT2D eigenvalue weighted by Crippen LogP contribution is 2.25. The van der Waals surface area contributed by atoms with Gasteiger partial charge in [0.05, 0.1) is 0 Å². The molecule has 1 aromatic rings. The number of hydrogen-bond acceptors (Lipinski definition) is 3. The van der Waals surface area contributed by atoms with Gasteiger partial charge in [-0.15, -0.1) is 0 Å². The summed E-state index contributed by atoms with van der Waals surface area (Å²) in [6.45, 7) is 7.87. The Balaban J connectivity index is 1.77. The topological polar surface area (TPSA) is 41.6 Å². The van der Waals surface area contributed by atoms with E-state index in [4.69, 9.17) is 4.74 Å². The monoisotopic (exact) mass is 386 g/mol. The number of piperidine rings is 1. The van der Waals surface area contributed by atoms with Crippen LogP contribution in [0.3, 0.4) is 0 Å². The number of anilines is 1. The van der Waals surface area contributed by atoms with Crippen molar-refractivity contribution in [1.29, 1.82) is 0 Å². The van der Waals surface area contributed by atoms with E-state index >= 15 is 0 Å². The maximum atomic E-state index is 13.1. The van der Waals surface area contributed by atoms with E-state index < -0.39 is 5.60 Å². The predicted octanol–water partition coefficient (Wildman–Crippen LogP) is 4.65. The van der Waals surface area contributed by atoms with Crippen LogP contribution in [0.25, 0.3) is 0 Å². The second kappa shape index (κ2) is 7.51. The van der Waals surface area contributed by atoms with Crippen LogP contribution in [-0.4, -0.2) is 36.2 Å². The van der Waals surface area contributed by atoms with E-state index in [1.54, 1.807) is 11.0 Å². The van der Waals surface area contributed by atoms with Crippen molar-refractivity contribution in [3.8, 4) is 0 Å². The van der Waals surface area contributed by atoms with E-state index in [2.05, 4.69) is 21.2 Å². The molecule has 1 amide bonds. The summed E-state index contributed by atoms with van der Waals surface area (Å²) in [5, 5.41) is 3.34. The molecule has 128 valence electrons. The lowest BCUT2D eigenvalue weighted by Crippen LogP contribution is -2.42. The van der Waals surface area contributed by atoms with Crippen LogP contribution >= 0.6 is 15.9 Å². The maximum Gasteiger partial charge on any atom is 0.410 e. The van der Waals surface area contributed by atoms with Crippen LogP contribution in [0.15, 0.2) is 22.7 Å². The van der Waals surface area contributed by atoms with Gasteiger partial charge in [0.2, 0.25) is 0 Å². The minimum absolute atomic E-state index is 0.231. The van der Waals surface area contributed by atoms with Crippen LogP contribution in [0.2, 0.25) is 0 Å². The molecule has 2 rings (SSSR count). The van der Waals surface area contributed by atoms with Crippen molar-refractivity contribution in [3.05, 3.63) is 28.5 Å². The van der Waals surface area contributed by atoms with E-state index in [0.29, 0.717) is 19.0 Å². The Bertz CT molecular complexity index is 552. The van der Waals surface area contributed by atoms with E-state index in [1.807, 2.05) is 20.8 Å². The molecule has 1 fully saturated rings.